The molecule has 1 aliphatic heterocycles. The van der Waals surface area contributed by atoms with Gasteiger partial charge in [0.2, 0.25) is 5.91 Å². The molecule has 2 aromatic rings. The number of aromatic nitrogens is 1. The zero-order valence-electron chi connectivity index (χ0n) is 15.3. The van der Waals surface area contributed by atoms with E-state index in [4.69, 9.17) is 0 Å². The minimum atomic E-state index is -4.60. The molecular weight excluding hydrogens is 433 g/mol. The number of hydrogen-bond acceptors (Lipinski definition) is 5. The normalized spacial score (nSPS) is 15.2. The molecule has 0 unspecified atom stereocenters. The predicted molar refractivity (Wildman–Crippen MR) is 97.8 cm³/mol. The number of thiazole rings is 1. The van der Waals surface area contributed by atoms with E-state index in [0.717, 1.165) is 28.4 Å². The quantitative estimate of drug-likeness (QED) is 0.701. The summed E-state index contributed by atoms with van der Waals surface area (Å²) in [5.41, 5.74) is 0.729. The van der Waals surface area contributed by atoms with Crippen LogP contribution < -0.4 is 5.32 Å². The van der Waals surface area contributed by atoms with Crippen LogP contribution in [0.25, 0.3) is 11.3 Å². The number of hydrogen-bond donors (Lipinski definition) is 1. The largest absolute Gasteiger partial charge is 0.440 e. The van der Waals surface area contributed by atoms with Crippen molar-refractivity contribution in [3.8, 4) is 11.3 Å². The van der Waals surface area contributed by atoms with Crippen molar-refractivity contribution in [2.24, 2.45) is 5.92 Å². The van der Waals surface area contributed by atoms with E-state index >= 15 is 0 Å². The molecule has 2 heterocycles. The number of halogens is 5. The third-order valence-corrected chi connectivity index (χ3v) is 5.19. The fourth-order valence-electron chi connectivity index (χ4n) is 2.89. The van der Waals surface area contributed by atoms with Crippen molar-refractivity contribution in [1.29, 1.82) is 0 Å². The number of nitrogens with zero attached hydrogens (tertiary/aromatic N) is 2. The number of likely N-dealkylation sites (tertiary alicyclic amines) is 1. The zero-order valence-corrected chi connectivity index (χ0v) is 16.2. The van der Waals surface area contributed by atoms with Crippen molar-refractivity contribution in [3.05, 3.63) is 35.2 Å². The van der Waals surface area contributed by atoms with Gasteiger partial charge in [0.25, 0.3) is 0 Å². The van der Waals surface area contributed by atoms with Gasteiger partial charge in [-0.05, 0) is 31.0 Å². The number of alkyl halides is 3. The fraction of sp³-hybridized carbons (Fsp3) is 0.389. The lowest BCUT2D eigenvalue weighted by Gasteiger charge is -2.30. The Balaban J connectivity index is 1.51. The topological polar surface area (TPSA) is 71.5 Å². The molecule has 6 nitrogen and oxygen atoms in total. The van der Waals surface area contributed by atoms with E-state index in [2.05, 4.69) is 15.0 Å². The number of ether oxygens (including phenoxy) is 1. The number of carbonyl (C=O) groups is 2. The van der Waals surface area contributed by atoms with E-state index in [1.807, 2.05) is 0 Å². The van der Waals surface area contributed by atoms with Crippen LogP contribution in [-0.4, -0.2) is 47.8 Å². The van der Waals surface area contributed by atoms with Crippen molar-refractivity contribution in [3.63, 3.8) is 0 Å². The zero-order chi connectivity index (χ0) is 21.9. The first-order chi connectivity index (χ1) is 14.1. The maximum atomic E-state index is 13.4. The highest BCUT2D eigenvalue weighted by molar-refractivity contribution is 7.14. The number of nitrogens with one attached hydrogen (secondary N) is 1. The van der Waals surface area contributed by atoms with Gasteiger partial charge in [-0.1, -0.05) is 0 Å². The summed E-state index contributed by atoms with van der Waals surface area (Å²) in [6.07, 6.45) is -5.15. The van der Waals surface area contributed by atoms with E-state index in [1.54, 1.807) is 5.38 Å². The minimum Gasteiger partial charge on any atom is -0.440 e. The Morgan fingerprint density at radius 3 is 2.53 bits per heavy atom. The van der Waals surface area contributed by atoms with Crippen molar-refractivity contribution >= 4 is 28.5 Å². The maximum Gasteiger partial charge on any atom is 0.422 e. The molecule has 1 N–H and O–H groups in total. The first-order valence-corrected chi connectivity index (χ1v) is 9.70. The highest BCUT2D eigenvalue weighted by Crippen LogP contribution is 2.27. The highest BCUT2D eigenvalue weighted by Gasteiger charge is 2.33. The summed E-state index contributed by atoms with van der Waals surface area (Å²) in [5.74, 6) is -2.78. The molecule has 1 fully saturated rings. The van der Waals surface area contributed by atoms with Gasteiger partial charge < -0.3 is 15.0 Å². The smallest absolute Gasteiger partial charge is 0.422 e. The van der Waals surface area contributed by atoms with Gasteiger partial charge in [0.15, 0.2) is 23.4 Å². The van der Waals surface area contributed by atoms with E-state index in [9.17, 15) is 31.5 Å². The second kappa shape index (κ2) is 8.94. The van der Waals surface area contributed by atoms with Gasteiger partial charge in [0, 0.05) is 30.0 Å². The molecule has 30 heavy (non-hydrogen) atoms. The lowest BCUT2D eigenvalue weighted by Crippen LogP contribution is -2.42. The number of benzene rings is 1. The van der Waals surface area contributed by atoms with Gasteiger partial charge in [-0.15, -0.1) is 11.3 Å². The average molecular weight is 449 g/mol. The van der Waals surface area contributed by atoms with Crippen LogP contribution in [0.2, 0.25) is 0 Å². The third-order valence-electron chi connectivity index (χ3n) is 4.43. The van der Waals surface area contributed by atoms with Gasteiger partial charge in [-0.3, -0.25) is 4.79 Å². The Morgan fingerprint density at radius 1 is 1.20 bits per heavy atom. The molecule has 0 radical (unpaired) electrons. The Morgan fingerprint density at radius 2 is 1.90 bits per heavy atom. The molecular formula is C18H16F5N3O3S. The molecule has 1 aliphatic rings. The van der Waals surface area contributed by atoms with Crippen LogP contribution in [0.5, 0.6) is 0 Å². The predicted octanol–water partition coefficient (Wildman–Crippen LogP) is 4.44. The molecule has 1 aromatic heterocycles. The van der Waals surface area contributed by atoms with Gasteiger partial charge in [-0.25, -0.2) is 18.6 Å². The molecule has 0 atom stereocenters. The van der Waals surface area contributed by atoms with E-state index in [1.165, 1.54) is 6.07 Å². The molecule has 0 aliphatic carbocycles. The molecule has 0 bridgehead atoms. The van der Waals surface area contributed by atoms with Crippen LogP contribution in [0, 0.1) is 17.6 Å². The Bertz CT molecular complexity index is 926. The summed E-state index contributed by atoms with van der Waals surface area (Å²) in [6.45, 7) is -1.48. The van der Waals surface area contributed by atoms with Crippen LogP contribution in [0.4, 0.5) is 31.9 Å². The number of amides is 2. The number of anilines is 1. The number of carbonyl (C=O) groups excluding carboxylic acids is 2. The molecule has 1 saturated heterocycles. The second-order valence-electron chi connectivity index (χ2n) is 6.59. The van der Waals surface area contributed by atoms with Gasteiger partial charge in [0.1, 0.15) is 0 Å². The summed E-state index contributed by atoms with van der Waals surface area (Å²) in [5, 5.41) is 4.49. The summed E-state index contributed by atoms with van der Waals surface area (Å²) in [7, 11) is 0. The van der Waals surface area contributed by atoms with Crippen LogP contribution in [0.15, 0.2) is 23.6 Å². The van der Waals surface area contributed by atoms with Crippen molar-refractivity contribution < 1.29 is 36.3 Å². The Kier molecular flexibility index (Phi) is 6.54. The lowest BCUT2D eigenvalue weighted by atomic mass is 9.96. The van der Waals surface area contributed by atoms with E-state index < -0.39 is 36.4 Å². The molecule has 12 heteroatoms. The van der Waals surface area contributed by atoms with Crippen molar-refractivity contribution in [1.82, 2.24) is 9.88 Å². The Labute approximate surface area is 171 Å². The molecule has 3 rings (SSSR count). The van der Waals surface area contributed by atoms with Gasteiger partial charge in [-0.2, -0.15) is 13.2 Å². The van der Waals surface area contributed by atoms with Crippen LogP contribution in [0.3, 0.4) is 0 Å². The molecule has 162 valence electrons. The summed E-state index contributed by atoms with van der Waals surface area (Å²) in [4.78, 5) is 29.4. The monoisotopic (exact) mass is 449 g/mol. The number of rotatable bonds is 4. The van der Waals surface area contributed by atoms with Crippen LogP contribution in [-0.2, 0) is 9.53 Å². The van der Waals surface area contributed by atoms with Gasteiger partial charge in [0.05, 0.1) is 5.69 Å². The van der Waals surface area contributed by atoms with E-state index in [-0.39, 0.29) is 37.0 Å². The maximum absolute atomic E-state index is 13.4. The third kappa shape index (κ3) is 5.65. The van der Waals surface area contributed by atoms with Crippen molar-refractivity contribution in [2.75, 3.05) is 25.0 Å². The van der Waals surface area contributed by atoms with Crippen LogP contribution >= 0.6 is 11.3 Å². The molecule has 0 spiro atoms. The second-order valence-corrected chi connectivity index (χ2v) is 7.45. The molecule has 0 saturated carbocycles. The summed E-state index contributed by atoms with van der Waals surface area (Å²) < 4.78 is 66.9. The first-order valence-electron chi connectivity index (χ1n) is 8.82. The van der Waals surface area contributed by atoms with E-state index in [0.29, 0.717) is 11.3 Å². The lowest BCUT2D eigenvalue weighted by molar-refractivity contribution is -0.162. The van der Waals surface area contributed by atoms with Crippen LogP contribution in [0.1, 0.15) is 12.8 Å². The SMILES string of the molecule is O=C(Nc1nc(-c2ccc(F)c(F)c2)cs1)C1CCN(C(=O)OCC(F)(F)F)CC1. The standard InChI is InChI=1S/C18H16F5N3O3S/c19-12-2-1-11(7-13(12)20)14-8-30-16(24-14)25-15(27)10-3-5-26(6-4-10)17(28)29-9-18(21,22)23/h1-2,7-8,10H,3-6,9H2,(H,24,25,27). The molecule has 1 aromatic carbocycles. The van der Waals surface area contributed by atoms with Crippen molar-refractivity contribution in [2.45, 2.75) is 19.0 Å². The minimum absolute atomic E-state index is 0.0900. The first kappa shape index (κ1) is 21.9. The molecule has 2 amide bonds. The average Bonchev–Trinajstić information content (AvgIpc) is 3.16. The summed E-state index contributed by atoms with van der Waals surface area (Å²) >= 11 is 1.11. The number of piperidine rings is 1. The summed E-state index contributed by atoms with van der Waals surface area (Å²) in [6, 6.07) is 3.35. The Hall–Kier alpha value is -2.76. The fourth-order valence-corrected chi connectivity index (χ4v) is 3.61. The van der Waals surface area contributed by atoms with Gasteiger partial charge >= 0.3 is 12.3 Å². The highest BCUT2D eigenvalue weighted by atomic mass is 32.1.